The molecule has 154 valence electrons. The minimum atomic E-state index is -0.512. The molecule has 2 amide bonds. The molecule has 0 aromatic carbocycles. The van der Waals surface area contributed by atoms with Crippen molar-refractivity contribution in [3.8, 4) is 0 Å². The lowest BCUT2D eigenvalue weighted by molar-refractivity contribution is -0.142. The Morgan fingerprint density at radius 3 is 2.93 bits per heavy atom. The van der Waals surface area contributed by atoms with Gasteiger partial charge in [0.15, 0.2) is 0 Å². The molecule has 4 rings (SSSR count). The summed E-state index contributed by atoms with van der Waals surface area (Å²) in [5, 5.41) is 3.17. The zero-order valence-corrected chi connectivity index (χ0v) is 16.9. The first-order chi connectivity index (χ1) is 14.1. The molecule has 2 aliphatic heterocycles. The maximum Gasteiger partial charge on any atom is 0.270 e. The number of likely N-dealkylation sites (tertiary alicyclic amines) is 2. The van der Waals surface area contributed by atoms with Gasteiger partial charge in [0, 0.05) is 38.2 Å². The van der Waals surface area contributed by atoms with Crippen LogP contribution in [-0.2, 0) is 11.2 Å². The molecule has 2 saturated heterocycles. The third-order valence-electron chi connectivity index (χ3n) is 6.42. The molecule has 0 radical (unpaired) electrons. The van der Waals surface area contributed by atoms with Gasteiger partial charge in [0.05, 0.1) is 11.5 Å². The van der Waals surface area contributed by atoms with Gasteiger partial charge in [0.2, 0.25) is 5.91 Å². The highest BCUT2D eigenvalue weighted by Gasteiger charge is 2.53. The van der Waals surface area contributed by atoms with Gasteiger partial charge in [0.1, 0.15) is 5.69 Å². The second kappa shape index (κ2) is 8.37. The quantitative estimate of drug-likeness (QED) is 0.807. The topological polar surface area (TPSA) is 81.3 Å². The number of hydrogen-bond acceptors (Lipinski definition) is 4. The molecule has 2 aliphatic rings. The summed E-state index contributed by atoms with van der Waals surface area (Å²) < 4.78 is 0. The number of aromatic amines is 1. The summed E-state index contributed by atoms with van der Waals surface area (Å²) >= 11 is 0. The van der Waals surface area contributed by atoms with E-state index in [1.54, 1.807) is 18.5 Å². The van der Waals surface area contributed by atoms with Gasteiger partial charge in [-0.05, 0) is 63.0 Å². The Morgan fingerprint density at radius 1 is 1.28 bits per heavy atom. The Hall–Kier alpha value is -2.67. The predicted molar refractivity (Wildman–Crippen MR) is 110 cm³/mol. The van der Waals surface area contributed by atoms with Gasteiger partial charge in [-0.25, -0.2) is 0 Å². The van der Waals surface area contributed by atoms with E-state index in [1.807, 2.05) is 29.3 Å². The van der Waals surface area contributed by atoms with Gasteiger partial charge in [-0.3, -0.25) is 14.6 Å². The molecular weight excluding hydrogens is 366 g/mol. The number of likely N-dealkylation sites (N-methyl/N-ethyl adjacent to an activating group) is 1. The minimum absolute atomic E-state index is 0.0115. The second-order valence-corrected chi connectivity index (χ2v) is 8.24. The summed E-state index contributed by atoms with van der Waals surface area (Å²) in [6.07, 6.45) is 8.57. The number of nitrogens with zero attached hydrogens (tertiary/aromatic N) is 3. The zero-order chi connectivity index (χ0) is 20.3. The van der Waals surface area contributed by atoms with E-state index < -0.39 is 5.41 Å². The highest BCUT2D eigenvalue weighted by Crippen LogP contribution is 2.43. The lowest BCUT2D eigenvalue weighted by Crippen LogP contribution is -2.66. The number of fused-ring (bicyclic) bond motifs is 1. The molecule has 2 aromatic rings. The number of aromatic nitrogens is 2. The molecule has 0 saturated carbocycles. The monoisotopic (exact) mass is 395 g/mol. The number of hydrogen-bond donors (Lipinski definition) is 2. The molecule has 0 aliphatic carbocycles. The summed E-state index contributed by atoms with van der Waals surface area (Å²) in [7, 11) is 2.07. The first kappa shape index (κ1) is 19.6. The highest BCUT2D eigenvalue weighted by atomic mass is 16.2. The fraction of sp³-hybridized carbons (Fsp3) is 0.500. The van der Waals surface area contributed by atoms with Crippen LogP contribution in [0.5, 0.6) is 0 Å². The van der Waals surface area contributed by atoms with Crippen LogP contribution in [0, 0.1) is 5.41 Å². The Kier molecular flexibility index (Phi) is 5.67. The molecule has 2 N–H and O–H groups in total. The molecule has 29 heavy (non-hydrogen) atoms. The van der Waals surface area contributed by atoms with Crippen molar-refractivity contribution in [2.24, 2.45) is 5.41 Å². The summed E-state index contributed by atoms with van der Waals surface area (Å²) in [6.45, 7) is 2.88. The lowest BCUT2D eigenvalue weighted by Gasteiger charge is -2.53. The summed E-state index contributed by atoms with van der Waals surface area (Å²) in [6, 6.07) is 7.47. The van der Waals surface area contributed by atoms with Crippen LogP contribution in [0.25, 0.3) is 0 Å². The van der Waals surface area contributed by atoms with Crippen molar-refractivity contribution in [1.29, 1.82) is 0 Å². The van der Waals surface area contributed by atoms with E-state index in [4.69, 9.17) is 0 Å². The van der Waals surface area contributed by atoms with Gasteiger partial charge < -0.3 is 20.1 Å². The number of H-pyrrole nitrogens is 1. The van der Waals surface area contributed by atoms with Crippen molar-refractivity contribution >= 4 is 11.8 Å². The molecule has 4 heterocycles. The average molecular weight is 396 g/mol. The number of piperidine rings is 2. The Balaban J connectivity index is 1.50. The summed E-state index contributed by atoms with van der Waals surface area (Å²) in [5.74, 6) is 0.0750. The molecule has 2 atom stereocenters. The number of carbonyl (C=O) groups excluding carboxylic acids is 2. The maximum absolute atomic E-state index is 13.4. The van der Waals surface area contributed by atoms with E-state index in [2.05, 4.69) is 27.2 Å². The van der Waals surface area contributed by atoms with Crippen LogP contribution in [0.1, 0.15) is 35.3 Å². The van der Waals surface area contributed by atoms with Crippen molar-refractivity contribution in [3.63, 3.8) is 0 Å². The van der Waals surface area contributed by atoms with Crippen molar-refractivity contribution in [2.45, 2.75) is 31.7 Å². The largest absolute Gasteiger partial charge is 0.357 e. The number of rotatable bonds is 5. The van der Waals surface area contributed by atoms with E-state index in [1.165, 1.54) is 0 Å². The van der Waals surface area contributed by atoms with Gasteiger partial charge in [-0.2, -0.15) is 0 Å². The average Bonchev–Trinajstić information content (AvgIpc) is 3.28. The molecule has 7 nitrogen and oxygen atoms in total. The van der Waals surface area contributed by atoms with Crippen LogP contribution in [0.2, 0.25) is 0 Å². The normalized spacial score (nSPS) is 24.7. The SMILES string of the molecule is CN1CC[C@]2(C(=O)NCCc3cccnc3)CCCN(C(=O)c3ccc[nH]3)[C@@H]2C1. The fourth-order valence-corrected chi connectivity index (χ4v) is 4.81. The van der Waals surface area contributed by atoms with E-state index in [9.17, 15) is 9.59 Å². The van der Waals surface area contributed by atoms with Gasteiger partial charge in [-0.1, -0.05) is 6.07 Å². The summed E-state index contributed by atoms with van der Waals surface area (Å²) in [4.78, 5) is 37.8. The number of pyridine rings is 1. The molecule has 0 unspecified atom stereocenters. The van der Waals surface area contributed by atoms with Crippen LogP contribution in [-0.4, -0.2) is 70.9 Å². The number of carbonyl (C=O) groups is 2. The standard InChI is InChI=1S/C22H29N5O2/c1-26-14-9-22(21(29)25-12-7-17-5-2-10-23-15-17)8-4-13-27(19(22)16-26)20(28)18-6-3-11-24-18/h2-3,5-6,10-11,15,19,24H,4,7-9,12-14,16H2,1H3,(H,25,29)/t19-,22-/m1/s1. The predicted octanol–water partition coefficient (Wildman–Crippen LogP) is 1.70. The van der Waals surface area contributed by atoms with Crippen molar-refractivity contribution in [1.82, 2.24) is 25.1 Å². The van der Waals surface area contributed by atoms with Crippen LogP contribution < -0.4 is 5.32 Å². The van der Waals surface area contributed by atoms with Gasteiger partial charge >= 0.3 is 0 Å². The Bertz CT molecular complexity index is 838. The zero-order valence-electron chi connectivity index (χ0n) is 16.9. The molecule has 0 bridgehead atoms. The summed E-state index contributed by atoms with van der Waals surface area (Å²) in [5.41, 5.74) is 1.19. The molecule has 2 fully saturated rings. The molecule has 2 aromatic heterocycles. The first-order valence-electron chi connectivity index (χ1n) is 10.4. The van der Waals surface area contributed by atoms with Crippen molar-refractivity contribution in [2.75, 3.05) is 33.2 Å². The first-order valence-corrected chi connectivity index (χ1v) is 10.4. The minimum Gasteiger partial charge on any atom is -0.357 e. The van der Waals surface area contributed by atoms with Crippen LogP contribution in [0.15, 0.2) is 42.9 Å². The van der Waals surface area contributed by atoms with E-state index in [0.717, 1.165) is 44.3 Å². The molecule has 0 spiro atoms. The smallest absolute Gasteiger partial charge is 0.270 e. The maximum atomic E-state index is 13.4. The van der Waals surface area contributed by atoms with E-state index >= 15 is 0 Å². The number of nitrogens with one attached hydrogen (secondary N) is 2. The lowest BCUT2D eigenvalue weighted by atomic mass is 9.67. The highest BCUT2D eigenvalue weighted by molar-refractivity contribution is 5.94. The van der Waals surface area contributed by atoms with Crippen LogP contribution >= 0.6 is 0 Å². The van der Waals surface area contributed by atoms with Crippen LogP contribution in [0.4, 0.5) is 0 Å². The molecular formula is C22H29N5O2. The van der Waals surface area contributed by atoms with Crippen LogP contribution in [0.3, 0.4) is 0 Å². The second-order valence-electron chi connectivity index (χ2n) is 8.24. The third kappa shape index (κ3) is 3.92. The third-order valence-corrected chi connectivity index (χ3v) is 6.42. The Morgan fingerprint density at radius 2 is 2.17 bits per heavy atom. The van der Waals surface area contributed by atoms with E-state index in [0.29, 0.717) is 18.8 Å². The molecule has 7 heteroatoms. The number of amides is 2. The van der Waals surface area contributed by atoms with Crippen molar-refractivity contribution < 1.29 is 9.59 Å². The van der Waals surface area contributed by atoms with Gasteiger partial charge in [-0.15, -0.1) is 0 Å². The van der Waals surface area contributed by atoms with Gasteiger partial charge in [0.25, 0.3) is 5.91 Å². The van der Waals surface area contributed by atoms with Crippen molar-refractivity contribution in [3.05, 3.63) is 54.1 Å². The Labute approximate surface area is 171 Å². The fourth-order valence-electron chi connectivity index (χ4n) is 4.81. The van der Waals surface area contributed by atoms with E-state index in [-0.39, 0.29) is 17.9 Å².